The first-order chi connectivity index (χ1) is 9.98. The first kappa shape index (κ1) is 15.9. The van der Waals surface area contributed by atoms with Crippen molar-refractivity contribution in [1.29, 1.82) is 0 Å². The van der Waals surface area contributed by atoms with Gasteiger partial charge in [0.1, 0.15) is 0 Å². The monoisotopic (exact) mass is 291 g/mol. The number of carbonyl (C=O) groups excluding carboxylic acids is 1. The molecule has 1 atom stereocenters. The van der Waals surface area contributed by atoms with Crippen molar-refractivity contribution in [3.05, 3.63) is 35.4 Å². The number of benzene rings is 1. The molecule has 0 radical (unpaired) electrons. The lowest BCUT2D eigenvalue weighted by atomic mass is 9.98. The Morgan fingerprint density at radius 2 is 1.95 bits per heavy atom. The predicted octanol–water partition coefficient (Wildman–Crippen LogP) is 0.956. The number of hydrazine groups is 1. The average molecular weight is 291 g/mol. The molecule has 1 aliphatic heterocycles. The molecule has 1 amide bonds. The van der Waals surface area contributed by atoms with E-state index in [9.17, 15) is 9.90 Å². The molecule has 0 aliphatic carbocycles. The highest BCUT2D eigenvalue weighted by Crippen LogP contribution is 2.22. The average Bonchev–Trinajstić information content (AvgIpc) is 2.62. The number of amides is 1. The van der Waals surface area contributed by atoms with Gasteiger partial charge in [0, 0.05) is 13.1 Å². The molecule has 0 bridgehead atoms. The van der Waals surface area contributed by atoms with Crippen LogP contribution < -0.4 is 11.3 Å². The van der Waals surface area contributed by atoms with E-state index >= 15 is 0 Å². The van der Waals surface area contributed by atoms with Gasteiger partial charge in [-0.1, -0.05) is 24.3 Å². The van der Waals surface area contributed by atoms with E-state index in [2.05, 4.69) is 22.5 Å². The highest BCUT2D eigenvalue weighted by Gasteiger charge is 2.24. The molecule has 1 aliphatic rings. The van der Waals surface area contributed by atoms with E-state index in [0.717, 1.165) is 44.5 Å². The van der Waals surface area contributed by atoms with Gasteiger partial charge in [0.15, 0.2) is 0 Å². The van der Waals surface area contributed by atoms with E-state index in [-0.39, 0.29) is 5.91 Å². The summed E-state index contributed by atoms with van der Waals surface area (Å²) in [4.78, 5) is 13.6. The third-order valence-electron chi connectivity index (χ3n) is 4.11. The standard InChI is InChI=1S/C16H25N3O2/c1-16(21)7-2-9-19(10-8-16)12-14-5-3-13(4-6-14)11-15(20)18-17/h3-6,21H,2,7-12,17H2,1H3,(H,18,20). The number of nitrogens with zero attached hydrogens (tertiary/aromatic N) is 1. The summed E-state index contributed by atoms with van der Waals surface area (Å²) in [7, 11) is 0. The fraction of sp³-hybridized carbons (Fsp3) is 0.562. The molecule has 116 valence electrons. The van der Waals surface area contributed by atoms with Crippen LogP contribution in [0.15, 0.2) is 24.3 Å². The lowest BCUT2D eigenvalue weighted by molar-refractivity contribution is -0.120. The molecule has 0 aromatic heterocycles. The predicted molar refractivity (Wildman–Crippen MR) is 82.2 cm³/mol. The summed E-state index contributed by atoms with van der Waals surface area (Å²) in [6.45, 7) is 4.76. The highest BCUT2D eigenvalue weighted by molar-refractivity contribution is 5.77. The van der Waals surface area contributed by atoms with Gasteiger partial charge < -0.3 is 5.11 Å². The smallest absolute Gasteiger partial charge is 0.238 e. The van der Waals surface area contributed by atoms with Crippen LogP contribution in [-0.2, 0) is 17.8 Å². The highest BCUT2D eigenvalue weighted by atomic mass is 16.3. The van der Waals surface area contributed by atoms with Crippen molar-refractivity contribution in [2.75, 3.05) is 13.1 Å². The van der Waals surface area contributed by atoms with Gasteiger partial charge in [-0.15, -0.1) is 0 Å². The Hall–Kier alpha value is -1.43. The van der Waals surface area contributed by atoms with Gasteiger partial charge in [-0.2, -0.15) is 0 Å². The number of rotatable bonds is 4. The summed E-state index contributed by atoms with van der Waals surface area (Å²) in [5, 5.41) is 10.1. The number of hydrogen-bond donors (Lipinski definition) is 3. The van der Waals surface area contributed by atoms with Crippen LogP contribution in [0, 0.1) is 0 Å². The number of hydrogen-bond acceptors (Lipinski definition) is 4. The van der Waals surface area contributed by atoms with E-state index < -0.39 is 5.60 Å². The van der Waals surface area contributed by atoms with Gasteiger partial charge in [0.05, 0.1) is 12.0 Å². The van der Waals surface area contributed by atoms with Crippen LogP contribution >= 0.6 is 0 Å². The Kier molecular flexibility index (Phi) is 5.33. The van der Waals surface area contributed by atoms with Crippen LogP contribution in [0.3, 0.4) is 0 Å². The van der Waals surface area contributed by atoms with Crippen LogP contribution in [0.25, 0.3) is 0 Å². The SMILES string of the molecule is CC1(O)CCCN(Cc2ccc(CC(=O)NN)cc2)CC1. The normalized spacial score (nSPS) is 23.6. The third kappa shape index (κ3) is 5.12. The minimum Gasteiger partial charge on any atom is -0.390 e. The molecule has 2 rings (SSSR count). The second-order valence-corrected chi connectivity index (χ2v) is 6.19. The molecule has 0 saturated carbocycles. The molecule has 1 unspecified atom stereocenters. The second kappa shape index (κ2) is 7.02. The number of aliphatic hydroxyl groups is 1. The summed E-state index contributed by atoms with van der Waals surface area (Å²) in [5.41, 5.74) is 3.81. The summed E-state index contributed by atoms with van der Waals surface area (Å²) in [5.74, 6) is 4.90. The quantitative estimate of drug-likeness (QED) is 0.438. The minimum atomic E-state index is -0.520. The van der Waals surface area contributed by atoms with Crippen molar-refractivity contribution in [2.24, 2.45) is 5.84 Å². The molecule has 5 nitrogen and oxygen atoms in total. The number of nitrogens with one attached hydrogen (secondary N) is 1. The van der Waals surface area contributed by atoms with Gasteiger partial charge in [-0.3, -0.25) is 15.1 Å². The Bertz CT molecular complexity index is 471. The zero-order valence-electron chi connectivity index (χ0n) is 12.6. The van der Waals surface area contributed by atoms with E-state index in [1.807, 2.05) is 19.1 Å². The Morgan fingerprint density at radius 1 is 1.29 bits per heavy atom. The number of carbonyl (C=O) groups is 1. The molecule has 5 heteroatoms. The summed E-state index contributed by atoms with van der Waals surface area (Å²) in [6.07, 6.45) is 3.03. The molecular weight excluding hydrogens is 266 g/mol. The molecular formula is C16H25N3O2. The van der Waals surface area contributed by atoms with Crippen LogP contribution in [0.2, 0.25) is 0 Å². The molecule has 1 saturated heterocycles. The first-order valence-electron chi connectivity index (χ1n) is 7.50. The van der Waals surface area contributed by atoms with Gasteiger partial charge in [0.2, 0.25) is 5.91 Å². The Labute approximate surface area is 126 Å². The maximum Gasteiger partial charge on any atom is 0.238 e. The van der Waals surface area contributed by atoms with Gasteiger partial charge in [-0.25, -0.2) is 5.84 Å². The molecule has 0 spiro atoms. The van der Waals surface area contributed by atoms with Gasteiger partial charge >= 0.3 is 0 Å². The van der Waals surface area contributed by atoms with Crippen LogP contribution in [0.5, 0.6) is 0 Å². The first-order valence-corrected chi connectivity index (χ1v) is 7.50. The Balaban J connectivity index is 1.89. The zero-order chi connectivity index (χ0) is 15.3. The van der Waals surface area contributed by atoms with E-state index in [0.29, 0.717) is 6.42 Å². The van der Waals surface area contributed by atoms with Gasteiger partial charge in [-0.05, 0) is 43.9 Å². The largest absolute Gasteiger partial charge is 0.390 e. The summed E-state index contributed by atoms with van der Waals surface area (Å²) in [6, 6.07) is 8.06. The number of likely N-dealkylation sites (tertiary alicyclic amines) is 1. The van der Waals surface area contributed by atoms with Crippen LogP contribution in [-0.4, -0.2) is 34.6 Å². The Morgan fingerprint density at radius 3 is 2.62 bits per heavy atom. The molecule has 1 fully saturated rings. The molecule has 1 heterocycles. The van der Waals surface area contributed by atoms with Crippen molar-refractivity contribution >= 4 is 5.91 Å². The van der Waals surface area contributed by atoms with Crippen molar-refractivity contribution in [3.8, 4) is 0 Å². The fourth-order valence-electron chi connectivity index (χ4n) is 2.73. The van der Waals surface area contributed by atoms with Crippen LogP contribution in [0.4, 0.5) is 0 Å². The molecule has 21 heavy (non-hydrogen) atoms. The van der Waals surface area contributed by atoms with Crippen molar-refractivity contribution in [2.45, 2.75) is 44.8 Å². The molecule has 4 N–H and O–H groups in total. The van der Waals surface area contributed by atoms with Crippen molar-refractivity contribution < 1.29 is 9.90 Å². The summed E-state index contributed by atoms with van der Waals surface area (Å²) < 4.78 is 0. The topological polar surface area (TPSA) is 78.6 Å². The van der Waals surface area contributed by atoms with E-state index in [4.69, 9.17) is 5.84 Å². The third-order valence-corrected chi connectivity index (χ3v) is 4.11. The lowest BCUT2D eigenvalue weighted by Gasteiger charge is -2.22. The van der Waals surface area contributed by atoms with Crippen molar-refractivity contribution in [3.63, 3.8) is 0 Å². The van der Waals surface area contributed by atoms with E-state index in [1.165, 1.54) is 5.56 Å². The lowest BCUT2D eigenvalue weighted by Crippen LogP contribution is -2.31. The fourth-order valence-corrected chi connectivity index (χ4v) is 2.73. The number of nitrogens with two attached hydrogens (primary N) is 1. The minimum absolute atomic E-state index is 0.183. The van der Waals surface area contributed by atoms with E-state index in [1.54, 1.807) is 0 Å². The maximum atomic E-state index is 11.2. The van der Waals surface area contributed by atoms with Crippen LogP contribution in [0.1, 0.15) is 37.3 Å². The molecule has 1 aromatic rings. The summed E-state index contributed by atoms with van der Waals surface area (Å²) >= 11 is 0. The second-order valence-electron chi connectivity index (χ2n) is 6.19. The van der Waals surface area contributed by atoms with Crippen molar-refractivity contribution in [1.82, 2.24) is 10.3 Å². The zero-order valence-corrected chi connectivity index (χ0v) is 12.6. The molecule has 1 aromatic carbocycles. The maximum absolute atomic E-state index is 11.2. The van der Waals surface area contributed by atoms with Gasteiger partial charge in [0.25, 0.3) is 0 Å².